The van der Waals surface area contributed by atoms with Crippen LogP contribution in [0.25, 0.3) is 22.0 Å². The molecular formula is C32H24F3NO4. The molecule has 202 valence electrons. The van der Waals surface area contributed by atoms with Crippen molar-refractivity contribution in [1.29, 1.82) is 0 Å². The molecule has 5 rings (SSSR count). The van der Waals surface area contributed by atoms with Crippen LogP contribution in [0.1, 0.15) is 29.2 Å². The van der Waals surface area contributed by atoms with Crippen LogP contribution in [0.4, 0.5) is 13.2 Å². The number of hydrogen-bond acceptors (Lipinski definition) is 5. The normalized spacial score (nSPS) is 11.3. The van der Waals surface area contributed by atoms with Gasteiger partial charge in [0.25, 0.3) is 0 Å². The smallest absolute Gasteiger partial charge is 0.418 e. The molecule has 40 heavy (non-hydrogen) atoms. The predicted octanol–water partition coefficient (Wildman–Crippen LogP) is 8.47. The number of rotatable bonds is 7. The molecule has 0 bridgehead atoms. The lowest BCUT2D eigenvalue weighted by Gasteiger charge is -2.17. The van der Waals surface area contributed by atoms with Crippen LogP contribution in [-0.2, 0) is 22.3 Å². The van der Waals surface area contributed by atoms with Crippen LogP contribution < -0.4 is 9.62 Å². The number of pyridine rings is 1. The van der Waals surface area contributed by atoms with E-state index in [0.717, 1.165) is 17.2 Å². The average molecular weight is 544 g/mol. The van der Waals surface area contributed by atoms with E-state index in [1.165, 1.54) is 19.2 Å². The summed E-state index contributed by atoms with van der Waals surface area (Å²) < 4.78 is 47.7. The van der Waals surface area contributed by atoms with Gasteiger partial charge in [-0.15, -0.1) is 0 Å². The number of nitrogens with zero attached hydrogens (tertiary/aromatic N) is 1. The third-order valence-corrected chi connectivity index (χ3v) is 6.27. The van der Waals surface area contributed by atoms with Gasteiger partial charge in [0.1, 0.15) is 11.5 Å². The highest BCUT2D eigenvalue weighted by Gasteiger charge is 2.33. The van der Waals surface area contributed by atoms with Crippen LogP contribution in [0.5, 0.6) is 17.2 Å². The molecule has 1 heterocycles. The molecule has 0 saturated carbocycles. The Kier molecular flexibility index (Phi) is 7.42. The van der Waals surface area contributed by atoms with Crippen LogP contribution in [0, 0.1) is 6.92 Å². The fourth-order valence-corrected chi connectivity index (χ4v) is 4.52. The molecule has 0 saturated heterocycles. The molecule has 0 aliphatic carbocycles. The summed E-state index contributed by atoms with van der Waals surface area (Å²) in [5.74, 6) is 0.793. The molecule has 0 radical (unpaired) electrons. The number of ether oxygens (including phenoxy) is 1. The maximum atomic E-state index is 13.9. The predicted molar refractivity (Wildman–Crippen MR) is 145 cm³/mol. The molecule has 4 aromatic carbocycles. The maximum Gasteiger partial charge on any atom is 0.418 e. The Balaban J connectivity index is 1.56. The second-order valence-electron chi connectivity index (χ2n) is 9.24. The van der Waals surface area contributed by atoms with Crippen LogP contribution in [-0.4, -0.2) is 11.0 Å². The summed E-state index contributed by atoms with van der Waals surface area (Å²) in [6.07, 6.45) is -2.53. The SMILES string of the molecule is CC(=O)OOc1ccc(Oc2cccc(-c3c(Cc4ccccc4)cnc4c(C(F)(F)F)cccc34)c2)cc1C. The summed E-state index contributed by atoms with van der Waals surface area (Å²) in [5, 5.41) is 0.406. The molecule has 5 aromatic rings. The highest BCUT2D eigenvalue weighted by atomic mass is 19.4. The van der Waals surface area contributed by atoms with Gasteiger partial charge in [-0.25, -0.2) is 4.79 Å². The molecule has 0 aliphatic heterocycles. The first kappa shape index (κ1) is 26.7. The number of carbonyl (C=O) groups excluding carboxylic acids is 1. The summed E-state index contributed by atoms with van der Waals surface area (Å²) >= 11 is 0. The summed E-state index contributed by atoms with van der Waals surface area (Å²) in [6, 6.07) is 26.0. The minimum Gasteiger partial charge on any atom is -0.457 e. The number of carbonyl (C=O) groups is 1. The zero-order chi connectivity index (χ0) is 28.3. The molecule has 8 heteroatoms. The van der Waals surface area contributed by atoms with E-state index in [9.17, 15) is 18.0 Å². The third kappa shape index (κ3) is 5.91. The lowest BCUT2D eigenvalue weighted by molar-refractivity contribution is -0.211. The van der Waals surface area contributed by atoms with Crippen molar-refractivity contribution in [2.24, 2.45) is 0 Å². The van der Waals surface area contributed by atoms with Gasteiger partial charge in [-0.3, -0.25) is 14.8 Å². The van der Waals surface area contributed by atoms with Crippen molar-refractivity contribution in [1.82, 2.24) is 4.98 Å². The van der Waals surface area contributed by atoms with Gasteiger partial charge in [-0.05, 0) is 72.0 Å². The minimum atomic E-state index is -4.54. The number of hydrogen-bond donors (Lipinski definition) is 0. The van der Waals surface area contributed by atoms with Gasteiger partial charge in [0.2, 0.25) is 0 Å². The Hall–Kier alpha value is -4.85. The van der Waals surface area contributed by atoms with Crippen molar-refractivity contribution >= 4 is 16.9 Å². The average Bonchev–Trinajstić information content (AvgIpc) is 2.92. The molecule has 5 nitrogen and oxygen atoms in total. The van der Waals surface area contributed by atoms with Crippen molar-refractivity contribution in [3.8, 4) is 28.4 Å². The van der Waals surface area contributed by atoms with E-state index in [-0.39, 0.29) is 5.52 Å². The topological polar surface area (TPSA) is 57.7 Å². The highest BCUT2D eigenvalue weighted by molar-refractivity contribution is 5.98. The molecule has 1 aromatic heterocycles. The Bertz CT molecular complexity index is 1680. The largest absolute Gasteiger partial charge is 0.457 e. The summed E-state index contributed by atoms with van der Waals surface area (Å²) in [4.78, 5) is 24.9. The molecule has 0 amide bonds. The van der Waals surface area contributed by atoms with E-state index in [4.69, 9.17) is 9.62 Å². The first-order valence-electron chi connectivity index (χ1n) is 12.4. The van der Waals surface area contributed by atoms with E-state index in [1.807, 2.05) is 36.4 Å². The molecule has 0 aliphatic rings. The molecule has 0 fully saturated rings. The Labute approximate surface area is 228 Å². The van der Waals surface area contributed by atoms with Crippen LogP contribution in [0.3, 0.4) is 0 Å². The molecule has 0 atom stereocenters. The van der Waals surface area contributed by atoms with E-state index in [1.54, 1.807) is 49.4 Å². The molecular weight excluding hydrogens is 519 g/mol. The van der Waals surface area contributed by atoms with Crippen LogP contribution >= 0.6 is 0 Å². The standard InChI is InChI=1S/C32H24F3NO4/c1-20-16-26(14-15-29(20)40-39-21(2)37)38-25-11-6-10-23(18-25)30-24(17-22-8-4-3-5-9-22)19-36-31-27(30)12-7-13-28(31)32(33,34)35/h3-16,18-19H,17H2,1-2H3. The van der Waals surface area contributed by atoms with E-state index in [2.05, 4.69) is 9.87 Å². The number of benzene rings is 4. The number of halogens is 3. The van der Waals surface area contributed by atoms with Gasteiger partial charge in [0, 0.05) is 24.1 Å². The Morgan fingerprint density at radius 3 is 2.35 bits per heavy atom. The van der Waals surface area contributed by atoms with E-state index < -0.39 is 17.7 Å². The quantitative estimate of drug-likeness (QED) is 0.152. The number of aryl methyl sites for hydroxylation is 1. The van der Waals surface area contributed by atoms with E-state index in [0.29, 0.717) is 45.7 Å². The van der Waals surface area contributed by atoms with Crippen molar-refractivity contribution in [2.45, 2.75) is 26.4 Å². The first-order chi connectivity index (χ1) is 19.2. The van der Waals surface area contributed by atoms with Crippen LogP contribution in [0.2, 0.25) is 0 Å². The molecule has 0 spiro atoms. The lowest BCUT2D eigenvalue weighted by Crippen LogP contribution is -2.07. The van der Waals surface area contributed by atoms with Crippen molar-refractivity contribution < 1.29 is 32.5 Å². The molecule has 0 unspecified atom stereocenters. The zero-order valence-corrected chi connectivity index (χ0v) is 21.7. The van der Waals surface area contributed by atoms with Gasteiger partial charge in [-0.1, -0.05) is 54.6 Å². The number of fused-ring (bicyclic) bond motifs is 1. The van der Waals surface area contributed by atoms with Crippen LogP contribution in [0.15, 0.2) is 97.2 Å². The Morgan fingerprint density at radius 1 is 0.875 bits per heavy atom. The van der Waals surface area contributed by atoms with Gasteiger partial charge in [0.05, 0.1) is 11.1 Å². The van der Waals surface area contributed by atoms with Gasteiger partial charge in [-0.2, -0.15) is 13.2 Å². The monoisotopic (exact) mass is 543 g/mol. The fraction of sp³-hybridized carbons (Fsp3) is 0.125. The summed E-state index contributed by atoms with van der Waals surface area (Å²) in [7, 11) is 0. The van der Waals surface area contributed by atoms with Crippen molar-refractivity contribution in [3.63, 3.8) is 0 Å². The second kappa shape index (κ2) is 11.1. The summed E-state index contributed by atoms with van der Waals surface area (Å²) in [5.41, 5.74) is 2.95. The maximum absolute atomic E-state index is 13.9. The molecule has 0 N–H and O–H groups in total. The van der Waals surface area contributed by atoms with Crippen molar-refractivity contribution in [3.05, 3.63) is 119 Å². The fourth-order valence-electron chi connectivity index (χ4n) is 4.52. The van der Waals surface area contributed by atoms with Gasteiger partial charge in [0.15, 0.2) is 5.75 Å². The van der Waals surface area contributed by atoms with E-state index >= 15 is 0 Å². The number of para-hydroxylation sites is 1. The number of alkyl halides is 3. The summed E-state index contributed by atoms with van der Waals surface area (Å²) in [6.45, 7) is 3.01. The third-order valence-electron chi connectivity index (χ3n) is 6.27. The first-order valence-corrected chi connectivity index (χ1v) is 12.4. The zero-order valence-electron chi connectivity index (χ0n) is 21.7. The number of aromatic nitrogens is 1. The van der Waals surface area contributed by atoms with Gasteiger partial charge >= 0.3 is 12.1 Å². The highest BCUT2D eigenvalue weighted by Crippen LogP contribution is 2.40. The minimum absolute atomic E-state index is 0.105. The van der Waals surface area contributed by atoms with Crippen molar-refractivity contribution in [2.75, 3.05) is 0 Å². The lowest BCUT2D eigenvalue weighted by atomic mass is 9.92. The Morgan fingerprint density at radius 2 is 1.62 bits per heavy atom. The van der Waals surface area contributed by atoms with Gasteiger partial charge < -0.3 is 4.74 Å². The second-order valence-corrected chi connectivity index (χ2v) is 9.24.